The standard InChI is InChI=1S/C21H19N3O4/c1-2-24(12-19-22-16-6-4-3-5-15(16)21(26)23-19)20(25)10-8-14-7-9-17-18(11-14)28-13-27-17/h3-11H,2,12-13H2,1H3,(H,22,23,26)/b10-8+. The van der Waals surface area contributed by atoms with Gasteiger partial charge in [-0.15, -0.1) is 0 Å². The largest absolute Gasteiger partial charge is 0.454 e. The zero-order valence-electron chi connectivity index (χ0n) is 15.3. The number of likely N-dealkylation sites (N-methyl/N-ethyl adjacent to an activating group) is 1. The maximum absolute atomic E-state index is 12.6. The van der Waals surface area contributed by atoms with Crippen molar-refractivity contribution in [3.63, 3.8) is 0 Å². The summed E-state index contributed by atoms with van der Waals surface area (Å²) in [5.74, 6) is 1.65. The van der Waals surface area contributed by atoms with Crippen LogP contribution in [0.4, 0.5) is 0 Å². The van der Waals surface area contributed by atoms with Crippen molar-refractivity contribution in [2.45, 2.75) is 13.5 Å². The number of hydrogen-bond donors (Lipinski definition) is 1. The fraction of sp³-hybridized carbons (Fsp3) is 0.190. The molecule has 28 heavy (non-hydrogen) atoms. The van der Waals surface area contributed by atoms with Gasteiger partial charge in [-0.2, -0.15) is 0 Å². The molecule has 1 N–H and O–H groups in total. The Morgan fingerprint density at radius 3 is 2.89 bits per heavy atom. The molecule has 1 amide bonds. The smallest absolute Gasteiger partial charge is 0.258 e. The van der Waals surface area contributed by atoms with Crippen LogP contribution >= 0.6 is 0 Å². The molecule has 1 aromatic heterocycles. The van der Waals surface area contributed by atoms with Crippen LogP contribution in [0.1, 0.15) is 18.3 Å². The van der Waals surface area contributed by atoms with Gasteiger partial charge in [-0.05, 0) is 42.8 Å². The molecule has 0 radical (unpaired) electrons. The predicted octanol–water partition coefficient (Wildman–Crippen LogP) is 2.71. The van der Waals surface area contributed by atoms with Crippen molar-refractivity contribution in [2.75, 3.05) is 13.3 Å². The number of ether oxygens (including phenoxy) is 2. The number of para-hydroxylation sites is 1. The van der Waals surface area contributed by atoms with Gasteiger partial charge in [0, 0.05) is 12.6 Å². The molecule has 0 saturated carbocycles. The number of carbonyl (C=O) groups excluding carboxylic acids is 1. The van der Waals surface area contributed by atoms with Gasteiger partial charge in [-0.3, -0.25) is 9.59 Å². The molecule has 142 valence electrons. The summed E-state index contributed by atoms with van der Waals surface area (Å²) < 4.78 is 10.6. The Kier molecular flexibility index (Phi) is 4.80. The number of fused-ring (bicyclic) bond motifs is 2. The Morgan fingerprint density at radius 1 is 1.21 bits per heavy atom. The second kappa shape index (κ2) is 7.56. The lowest BCUT2D eigenvalue weighted by Crippen LogP contribution is -2.30. The zero-order chi connectivity index (χ0) is 19.5. The summed E-state index contributed by atoms with van der Waals surface area (Å²) in [5.41, 5.74) is 1.24. The fourth-order valence-electron chi connectivity index (χ4n) is 3.03. The first-order valence-corrected chi connectivity index (χ1v) is 8.98. The number of nitrogens with zero attached hydrogens (tertiary/aromatic N) is 2. The molecule has 0 aliphatic carbocycles. The highest BCUT2D eigenvalue weighted by Gasteiger charge is 2.14. The highest BCUT2D eigenvalue weighted by molar-refractivity contribution is 5.91. The van der Waals surface area contributed by atoms with Crippen molar-refractivity contribution in [3.8, 4) is 11.5 Å². The lowest BCUT2D eigenvalue weighted by molar-refractivity contribution is -0.126. The molecule has 1 aliphatic rings. The van der Waals surface area contributed by atoms with Crippen LogP contribution in [0.25, 0.3) is 17.0 Å². The second-order valence-electron chi connectivity index (χ2n) is 6.33. The van der Waals surface area contributed by atoms with E-state index < -0.39 is 0 Å². The molecule has 0 saturated heterocycles. The molecule has 0 bridgehead atoms. The van der Waals surface area contributed by atoms with Gasteiger partial charge in [0.2, 0.25) is 12.7 Å². The molecule has 0 unspecified atom stereocenters. The van der Waals surface area contributed by atoms with Crippen molar-refractivity contribution >= 4 is 22.9 Å². The number of aromatic amines is 1. The third kappa shape index (κ3) is 3.59. The number of aromatic nitrogens is 2. The lowest BCUT2D eigenvalue weighted by Gasteiger charge is -2.18. The average Bonchev–Trinajstić information content (AvgIpc) is 3.18. The predicted molar refractivity (Wildman–Crippen MR) is 105 cm³/mol. The first-order chi connectivity index (χ1) is 13.6. The molecule has 1 aliphatic heterocycles. The van der Waals surface area contributed by atoms with Gasteiger partial charge < -0.3 is 19.4 Å². The number of amides is 1. The van der Waals surface area contributed by atoms with Crippen molar-refractivity contribution in [1.82, 2.24) is 14.9 Å². The first kappa shape index (κ1) is 17.8. The minimum absolute atomic E-state index is 0.170. The number of carbonyl (C=O) groups is 1. The summed E-state index contributed by atoms with van der Waals surface area (Å²) in [6.07, 6.45) is 3.23. The molecule has 7 heteroatoms. The van der Waals surface area contributed by atoms with Crippen LogP contribution in [0, 0.1) is 0 Å². The van der Waals surface area contributed by atoms with E-state index in [2.05, 4.69) is 9.97 Å². The van der Waals surface area contributed by atoms with Crippen LogP contribution < -0.4 is 15.0 Å². The van der Waals surface area contributed by atoms with E-state index in [9.17, 15) is 9.59 Å². The van der Waals surface area contributed by atoms with Crippen LogP contribution in [0.5, 0.6) is 11.5 Å². The van der Waals surface area contributed by atoms with Crippen molar-refractivity contribution < 1.29 is 14.3 Å². The molecule has 4 rings (SSSR count). The molecule has 2 aromatic carbocycles. The number of hydrogen-bond acceptors (Lipinski definition) is 5. The van der Waals surface area contributed by atoms with Gasteiger partial charge in [0.05, 0.1) is 17.4 Å². The van der Waals surface area contributed by atoms with E-state index in [0.29, 0.717) is 34.8 Å². The van der Waals surface area contributed by atoms with Crippen LogP contribution in [0.2, 0.25) is 0 Å². The van der Waals surface area contributed by atoms with Crippen molar-refractivity contribution in [1.29, 1.82) is 0 Å². The van der Waals surface area contributed by atoms with Crippen LogP contribution in [0.15, 0.2) is 53.3 Å². The fourth-order valence-corrected chi connectivity index (χ4v) is 3.03. The van der Waals surface area contributed by atoms with Crippen LogP contribution in [-0.2, 0) is 11.3 Å². The third-order valence-corrected chi connectivity index (χ3v) is 4.51. The number of benzene rings is 2. The Morgan fingerprint density at radius 2 is 2.04 bits per heavy atom. The minimum Gasteiger partial charge on any atom is -0.454 e. The van der Waals surface area contributed by atoms with Gasteiger partial charge in [0.1, 0.15) is 5.82 Å². The number of nitrogens with one attached hydrogen (secondary N) is 1. The minimum atomic E-state index is -0.208. The lowest BCUT2D eigenvalue weighted by atomic mass is 10.2. The molecule has 0 spiro atoms. The van der Waals surface area contributed by atoms with Crippen molar-refractivity contribution in [3.05, 3.63) is 70.3 Å². The summed E-state index contributed by atoms with van der Waals surface area (Å²) >= 11 is 0. The molecule has 0 fully saturated rings. The monoisotopic (exact) mass is 377 g/mol. The molecule has 2 heterocycles. The molecular formula is C21H19N3O4. The highest BCUT2D eigenvalue weighted by Crippen LogP contribution is 2.32. The second-order valence-corrected chi connectivity index (χ2v) is 6.33. The van der Waals surface area contributed by atoms with E-state index in [0.717, 1.165) is 5.56 Å². The Labute approximate surface area is 161 Å². The topological polar surface area (TPSA) is 84.5 Å². The van der Waals surface area contributed by atoms with Gasteiger partial charge in [-0.1, -0.05) is 18.2 Å². The zero-order valence-corrected chi connectivity index (χ0v) is 15.3. The maximum atomic E-state index is 12.6. The van der Waals surface area contributed by atoms with E-state index in [1.165, 1.54) is 6.08 Å². The van der Waals surface area contributed by atoms with Crippen LogP contribution in [0.3, 0.4) is 0 Å². The van der Waals surface area contributed by atoms with Crippen LogP contribution in [-0.4, -0.2) is 34.1 Å². The first-order valence-electron chi connectivity index (χ1n) is 8.98. The molecule has 0 atom stereocenters. The third-order valence-electron chi connectivity index (χ3n) is 4.51. The Bertz CT molecular complexity index is 1120. The molecule has 3 aromatic rings. The molecular weight excluding hydrogens is 358 g/mol. The molecule has 7 nitrogen and oxygen atoms in total. The quantitative estimate of drug-likeness (QED) is 0.691. The maximum Gasteiger partial charge on any atom is 0.258 e. The van der Waals surface area contributed by atoms with Gasteiger partial charge in [0.15, 0.2) is 11.5 Å². The van der Waals surface area contributed by atoms with E-state index >= 15 is 0 Å². The van der Waals surface area contributed by atoms with E-state index in [-0.39, 0.29) is 24.8 Å². The summed E-state index contributed by atoms with van der Waals surface area (Å²) in [4.78, 5) is 33.6. The normalized spacial score (nSPS) is 12.6. The Balaban J connectivity index is 1.50. The van der Waals surface area contributed by atoms with Gasteiger partial charge in [0.25, 0.3) is 5.56 Å². The summed E-state index contributed by atoms with van der Waals surface area (Å²) in [6, 6.07) is 12.6. The van der Waals surface area contributed by atoms with Gasteiger partial charge in [-0.25, -0.2) is 4.98 Å². The summed E-state index contributed by atoms with van der Waals surface area (Å²) in [6.45, 7) is 2.80. The summed E-state index contributed by atoms with van der Waals surface area (Å²) in [7, 11) is 0. The number of rotatable bonds is 5. The van der Waals surface area contributed by atoms with Gasteiger partial charge >= 0.3 is 0 Å². The van der Waals surface area contributed by atoms with E-state index in [1.54, 1.807) is 29.2 Å². The van der Waals surface area contributed by atoms with E-state index in [1.807, 2.05) is 31.2 Å². The SMILES string of the molecule is CCN(Cc1nc2ccccc2c(=O)[nH]1)C(=O)/C=C/c1ccc2c(c1)OCO2. The Hall–Kier alpha value is -3.61. The summed E-state index contributed by atoms with van der Waals surface area (Å²) in [5, 5.41) is 0.531. The number of H-pyrrole nitrogens is 1. The highest BCUT2D eigenvalue weighted by atomic mass is 16.7. The van der Waals surface area contributed by atoms with Crippen molar-refractivity contribution in [2.24, 2.45) is 0 Å². The van der Waals surface area contributed by atoms with E-state index in [4.69, 9.17) is 9.47 Å². The average molecular weight is 377 g/mol.